The van der Waals surface area contributed by atoms with Crippen molar-refractivity contribution in [3.8, 4) is 28.4 Å². The first-order valence-electron chi connectivity index (χ1n) is 13.8. The second-order valence-corrected chi connectivity index (χ2v) is 9.85. The maximum atomic E-state index is 13.6. The van der Waals surface area contributed by atoms with Gasteiger partial charge in [0.1, 0.15) is 30.5 Å². The first-order chi connectivity index (χ1) is 18.7. The summed E-state index contributed by atoms with van der Waals surface area (Å²) in [4.78, 5) is 18.3. The van der Waals surface area contributed by atoms with Gasteiger partial charge < -0.3 is 29.4 Å². The van der Waals surface area contributed by atoms with Crippen LogP contribution in [-0.4, -0.2) is 101 Å². The van der Waals surface area contributed by atoms with Crippen molar-refractivity contribution in [3.05, 3.63) is 35.4 Å². The van der Waals surface area contributed by atoms with E-state index >= 15 is 0 Å². The Balaban J connectivity index is 1.40. The zero-order valence-corrected chi connectivity index (χ0v) is 22.3. The molecule has 2 saturated heterocycles. The summed E-state index contributed by atoms with van der Waals surface area (Å²) in [5, 5.41) is 0. The highest BCUT2D eigenvalue weighted by Gasteiger charge is 2.36. The fraction of sp³-hybridized carbons (Fsp3) is 0.552. The molecule has 9 heteroatoms. The van der Waals surface area contributed by atoms with Gasteiger partial charge in [-0.1, -0.05) is 25.5 Å². The predicted octanol–water partition coefficient (Wildman–Crippen LogP) is 3.08. The number of nitrogen functional groups attached to an aromatic ring is 1. The summed E-state index contributed by atoms with van der Waals surface area (Å²) in [5.41, 5.74) is 9.45. The molecule has 206 valence electrons. The molecule has 0 spiro atoms. The van der Waals surface area contributed by atoms with Crippen LogP contribution >= 0.6 is 0 Å². The average Bonchev–Trinajstić information content (AvgIpc) is 3.26. The van der Waals surface area contributed by atoms with Crippen LogP contribution in [0, 0.1) is 0 Å². The number of anilines is 1. The van der Waals surface area contributed by atoms with Gasteiger partial charge in [0.05, 0.1) is 44.3 Å². The van der Waals surface area contributed by atoms with E-state index in [1.807, 2.05) is 24.3 Å². The summed E-state index contributed by atoms with van der Waals surface area (Å²) in [5.74, 6) is 1.65. The summed E-state index contributed by atoms with van der Waals surface area (Å²) in [7, 11) is 0. The van der Waals surface area contributed by atoms with Crippen LogP contribution in [0.1, 0.15) is 35.7 Å². The molecule has 9 nitrogen and oxygen atoms in total. The van der Waals surface area contributed by atoms with Gasteiger partial charge in [-0.15, -0.1) is 0 Å². The normalized spacial score (nSPS) is 17.8. The molecule has 0 amide bonds. The number of rotatable bonds is 12. The van der Waals surface area contributed by atoms with Crippen molar-refractivity contribution in [2.24, 2.45) is 0 Å². The van der Waals surface area contributed by atoms with Crippen molar-refractivity contribution in [2.45, 2.75) is 19.8 Å². The van der Waals surface area contributed by atoms with E-state index in [0.717, 1.165) is 84.1 Å². The second-order valence-electron chi connectivity index (χ2n) is 9.85. The van der Waals surface area contributed by atoms with Crippen molar-refractivity contribution in [1.82, 2.24) is 9.80 Å². The minimum atomic E-state index is -0.120. The lowest BCUT2D eigenvalue weighted by Crippen LogP contribution is -2.38. The summed E-state index contributed by atoms with van der Waals surface area (Å²) in [6.07, 6.45) is 1.91. The Labute approximate surface area is 224 Å². The first-order valence-corrected chi connectivity index (χ1v) is 13.8. The van der Waals surface area contributed by atoms with E-state index in [0.29, 0.717) is 59.4 Å². The van der Waals surface area contributed by atoms with E-state index in [2.05, 4.69) is 16.7 Å². The van der Waals surface area contributed by atoms with Crippen molar-refractivity contribution in [3.63, 3.8) is 0 Å². The third-order valence-corrected chi connectivity index (χ3v) is 7.33. The number of nitrogens with zero attached hydrogens (tertiary/aromatic N) is 2. The number of unbranched alkanes of at least 4 members (excludes halogenated alkanes) is 1. The van der Waals surface area contributed by atoms with Gasteiger partial charge in [0, 0.05) is 62.0 Å². The van der Waals surface area contributed by atoms with Crippen LogP contribution < -0.4 is 19.9 Å². The van der Waals surface area contributed by atoms with E-state index in [1.165, 1.54) is 0 Å². The van der Waals surface area contributed by atoms with Gasteiger partial charge in [-0.2, -0.15) is 0 Å². The molecule has 3 aliphatic rings. The van der Waals surface area contributed by atoms with Crippen molar-refractivity contribution in [2.75, 3.05) is 91.3 Å². The van der Waals surface area contributed by atoms with Crippen LogP contribution in [0.25, 0.3) is 11.1 Å². The maximum absolute atomic E-state index is 13.6. The average molecular weight is 526 g/mol. The van der Waals surface area contributed by atoms with Crippen LogP contribution in [0.3, 0.4) is 0 Å². The molecule has 2 fully saturated rings. The fourth-order valence-electron chi connectivity index (χ4n) is 5.15. The Morgan fingerprint density at radius 1 is 0.789 bits per heavy atom. The lowest BCUT2D eigenvalue weighted by atomic mass is 10.0. The Morgan fingerprint density at radius 2 is 1.39 bits per heavy atom. The minimum Gasteiger partial charge on any atom is -0.493 e. The number of carbonyl (C=O) groups is 1. The summed E-state index contributed by atoms with van der Waals surface area (Å²) >= 11 is 0. The largest absolute Gasteiger partial charge is 0.493 e. The van der Waals surface area contributed by atoms with E-state index < -0.39 is 0 Å². The molecule has 0 atom stereocenters. The third kappa shape index (κ3) is 5.91. The molecule has 0 aromatic heterocycles. The number of hydrogen-bond donors (Lipinski definition) is 1. The van der Waals surface area contributed by atoms with Gasteiger partial charge >= 0.3 is 0 Å². The number of benzene rings is 2. The molecule has 1 aliphatic carbocycles. The molecule has 0 saturated carbocycles. The highest BCUT2D eigenvalue weighted by molar-refractivity contribution is 6.26. The summed E-state index contributed by atoms with van der Waals surface area (Å²) < 4.78 is 29.5. The number of ketones is 1. The smallest absolute Gasteiger partial charge is 0.196 e. The number of morpholine rings is 2. The standard InChI is InChI=1S/C29H39N3O6/c1-2-3-13-36-23-20-24(38-19-12-32-9-16-35-17-10-32)28(30)27-26(23)25-21(29(27)33)5-4-6-22(25)37-18-11-31-7-14-34-15-8-31/h4-6,20H,2-3,7-19,30H2,1H3. The maximum Gasteiger partial charge on any atom is 0.196 e. The monoisotopic (exact) mass is 525 g/mol. The van der Waals surface area contributed by atoms with Gasteiger partial charge in [-0.05, 0) is 12.5 Å². The van der Waals surface area contributed by atoms with E-state index in [-0.39, 0.29) is 5.78 Å². The van der Waals surface area contributed by atoms with Crippen molar-refractivity contribution >= 4 is 11.5 Å². The zero-order valence-electron chi connectivity index (χ0n) is 22.3. The Kier molecular flexibility index (Phi) is 9.01. The molecule has 2 aliphatic heterocycles. The van der Waals surface area contributed by atoms with Crippen molar-refractivity contribution in [1.29, 1.82) is 0 Å². The molecule has 0 bridgehead atoms. The van der Waals surface area contributed by atoms with Gasteiger partial charge in [0.15, 0.2) is 5.78 Å². The van der Waals surface area contributed by atoms with Gasteiger partial charge in [-0.25, -0.2) is 0 Å². The molecule has 5 rings (SSSR count). The molecule has 2 heterocycles. The Bertz CT molecular complexity index is 1110. The SMILES string of the molecule is CCCCOc1cc(OCCN2CCOCC2)c(N)c2c1-c1c(OCCN3CCOCC3)cccc1C2=O. The Hall–Kier alpha value is -2.85. The lowest BCUT2D eigenvalue weighted by Gasteiger charge is -2.26. The number of nitrogens with two attached hydrogens (primary N) is 1. The lowest BCUT2D eigenvalue weighted by molar-refractivity contribution is 0.0322. The third-order valence-electron chi connectivity index (χ3n) is 7.33. The highest BCUT2D eigenvalue weighted by Crippen LogP contribution is 2.52. The summed E-state index contributed by atoms with van der Waals surface area (Å²) in [6, 6.07) is 7.45. The number of fused-ring (bicyclic) bond motifs is 3. The number of ether oxygens (including phenoxy) is 5. The quantitative estimate of drug-likeness (QED) is 0.283. The molecule has 0 radical (unpaired) electrons. The molecule has 0 unspecified atom stereocenters. The first kappa shape index (κ1) is 26.7. The van der Waals surface area contributed by atoms with Crippen LogP contribution in [0.2, 0.25) is 0 Å². The van der Waals surface area contributed by atoms with E-state index in [4.69, 9.17) is 29.4 Å². The molecule has 2 N–H and O–H groups in total. The minimum absolute atomic E-state index is 0.120. The predicted molar refractivity (Wildman–Crippen MR) is 146 cm³/mol. The van der Waals surface area contributed by atoms with Crippen LogP contribution in [0.5, 0.6) is 17.2 Å². The Morgan fingerprint density at radius 3 is 2.03 bits per heavy atom. The topological polar surface area (TPSA) is 95.7 Å². The highest BCUT2D eigenvalue weighted by atomic mass is 16.5. The van der Waals surface area contributed by atoms with E-state index in [9.17, 15) is 4.79 Å². The number of hydrogen-bond acceptors (Lipinski definition) is 9. The van der Waals surface area contributed by atoms with Gasteiger partial charge in [0.2, 0.25) is 0 Å². The van der Waals surface area contributed by atoms with Crippen LogP contribution in [0.4, 0.5) is 5.69 Å². The fourth-order valence-corrected chi connectivity index (χ4v) is 5.15. The van der Waals surface area contributed by atoms with Gasteiger partial charge in [0.25, 0.3) is 0 Å². The van der Waals surface area contributed by atoms with Crippen LogP contribution in [0.15, 0.2) is 24.3 Å². The van der Waals surface area contributed by atoms with Crippen molar-refractivity contribution < 1.29 is 28.5 Å². The molecule has 2 aromatic carbocycles. The summed E-state index contributed by atoms with van der Waals surface area (Å²) in [6.45, 7) is 11.8. The molecular formula is C29H39N3O6. The zero-order chi connectivity index (χ0) is 26.3. The molecular weight excluding hydrogens is 486 g/mol. The van der Waals surface area contributed by atoms with E-state index in [1.54, 1.807) is 0 Å². The second kappa shape index (κ2) is 12.8. The molecule has 2 aromatic rings. The van der Waals surface area contributed by atoms with Crippen LogP contribution in [-0.2, 0) is 9.47 Å². The van der Waals surface area contributed by atoms with Gasteiger partial charge in [-0.3, -0.25) is 14.6 Å². The molecule has 38 heavy (non-hydrogen) atoms. The number of carbonyl (C=O) groups excluding carboxylic acids is 1.